The Morgan fingerprint density at radius 3 is 3.05 bits per heavy atom. The fourth-order valence-electron chi connectivity index (χ4n) is 2.34. The number of carbonyl (C=O) groups is 2. The molecule has 0 radical (unpaired) electrons. The van der Waals surface area contributed by atoms with E-state index < -0.39 is 5.97 Å². The van der Waals surface area contributed by atoms with Crippen molar-refractivity contribution in [3.05, 3.63) is 17.5 Å². The van der Waals surface area contributed by atoms with Gasteiger partial charge in [0.05, 0.1) is 0 Å². The number of nitrogens with one attached hydrogen (secondary N) is 1. The molecule has 19 heavy (non-hydrogen) atoms. The van der Waals surface area contributed by atoms with Gasteiger partial charge in [0.2, 0.25) is 5.76 Å². The monoisotopic (exact) mass is 267 g/mol. The minimum absolute atomic E-state index is 0.0579. The maximum atomic E-state index is 12.2. The van der Waals surface area contributed by atoms with Gasteiger partial charge in [0, 0.05) is 19.2 Å². The topological polar surface area (TPSA) is 95.7 Å². The molecule has 1 unspecified atom stereocenters. The number of carboxylic acids is 1. The van der Waals surface area contributed by atoms with Crippen molar-refractivity contribution in [1.29, 1.82) is 0 Å². The van der Waals surface area contributed by atoms with Gasteiger partial charge in [0.1, 0.15) is 0 Å². The van der Waals surface area contributed by atoms with E-state index in [0.29, 0.717) is 19.0 Å². The molecule has 1 aliphatic rings. The number of carboxylic acid groups (broad SMARTS) is 1. The van der Waals surface area contributed by atoms with Crippen LogP contribution in [0.2, 0.25) is 0 Å². The third kappa shape index (κ3) is 3.11. The van der Waals surface area contributed by atoms with Gasteiger partial charge in [-0.1, -0.05) is 5.16 Å². The van der Waals surface area contributed by atoms with Crippen LogP contribution in [0.4, 0.5) is 0 Å². The summed E-state index contributed by atoms with van der Waals surface area (Å²) >= 11 is 0. The van der Waals surface area contributed by atoms with Gasteiger partial charge >= 0.3 is 5.97 Å². The summed E-state index contributed by atoms with van der Waals surface area (Å²) < 4.78 is 4.60. The van der Waals surface area contributed by atoms with E-state index in [4.69, 9.17) is 5.11 Å². The summed E-state index contributed by atoms with van der Waals surface area (Å²) in [5.41, 5.74) is 0.0579. The summed E-state index contributed by atoms with van der Waals surface area (Å²) in [6.45, 7) is 2.20. The van der Waals surface area contributed by atoms with Crippen molar-refractivity contribution in [1.82, 2.24) is 15.4 Å². The van der Waals surface area contributed by atoms with E-state index in [2.05, 4.69) is 15.0 Å². The normalized spacial score (nSPS) is 19.4. The van der Waals surface area contributed by atoms with Crippen molar-refractivity contribution in [2.75, 3.05) is 26.7 Å². The van der Waals surface area contributed by atoms with E-state index in [1.807, 2.05) is 7.05 Å². The summed E-state index contributed by atoms with van der Waals surface area (Å²) in [6.07, 6.45) is 2.03. The molecule has 104 valence electrons. The van der Waals surface area contributed by atoms with Gasteiger partial charge < -0.3 is 19.8 Å². The number of aromatic nitrogens is 1. The second kappa shape index (κ2) is 5.83. The van der Waals surface area contributed by atoms with Crippen molar-refractivity contribution in [3.63, 3.8) is 0 Å². The largest absolute Gasteiger partial charge is 0.475 e. The second-order valence-electron chi connectivity index (χ2n) is 4.70. The zero-order valence-corrected chi connectivity index (χ0v) is 10.8. The number of hydrogen-bond acceptors (Lipinski definition) is 5. The third-order valence-electron chi connectivity index (χ3n) is 3.24. The van der Waals surface area contributed by atoms with Gasteiger partial charge in [-0.15, -0.1) is 0 Å². The van der Waals surface area contributed by atoms with Crippen LogP contribution in [0.3, 0.4) is 0 Å². The van der Waals surface area contributed by atoms with Gasteiger partial charge in [0.15, 0.2) is 5.69 Å². The van der Waals surface area contributed by atoms with E-state index in [1.165, 1.54) is 6.07 Å². The first-order valence-corrected chi connectivity index (χ1v) is 6.25. The minimum atomic E-state index is -1.22. The molecule has 0 aliphatic carbocycles. The lowest BCUT2D eigenvalue weighted by Crippen LogP contribution is -2.42. The SMILES string of the molecule is CNCC1CCCN(C(=O)c2cc(C(=O)O)on2)C1. The van der Waals surface area contributed by atoms with Crippen LogP contribution in [-0.2, 0) is 0 Å². The molecule has 0 saturated carbocycles. The third-order valence-corrected chi connectivity index (χ3v) is 3.24. The average Bonchev–Trinajstić information content (AvgIpc) is 2.88. The van der Waals surface area contributed by atoms with Crippen LogP contribution < -0.4 is 5.32 Å². The maximum absolute atomic E-state index is 12.2. The van der Waals surface area contributed by atoms with Crippen LogP contribution in [0.5, 0.6) is 0 Å². The predicted molar refractivity (Wildman–Crippen MR) is 66.0 cm³/mol. The quantitative estimate of drug-likeness (QED) is 0.822. The van der Waals surface area contributed by atoms with Crippen molar-refractivity contribution < 1.29 is 19.2 Å². The number of piperidine rings is 1. The zero-order valence-electron chi connectivity index (χ0n) is 10.8. The van der Waals surface area contributed by atoms with Crippen LogP contribution in [0.25, 0.3) is 0 Å². The molecule has 1 saturated heterocycles. The molecule has 2 rings (SSSR count). The summed E-state index contributed by atoms with van der Waals surface area (Å²) in [5.74, 6) is -1.38. The lowest BCUT2D eigenvalue weighted by atomic mass is 9.98. The Morgan fingerprint density at radius 1 is 1.63 bits per heavy atom. The summed E-state index contributed by atoms with van der Waals surface area (Å²) in [5, 5.41) is 15.4. The van der Waals surface area contributed by atoms with Gasteiger partial charge in [-0.3, -0.25) is 4.79 Å². The first-order valence-electron chi connectivity index (χ1n) is 6.25. The molecular formula is C12H17N3O4. The van der Waals surface area contributed by atoms with E-state index in [1.54, 1.807) is 4.90 Å². The summed E-state index contributed by atoms with van der Waals surface area (Å²) in [6, 6.07) is 1.17. The lowest BCUT2D eigenvalue weighted by molar-refractivity contribution is 0.0639. The maximum Gasteiger partial charge on any atom is 0.374 e. The molecular weight excluding hydrogens is 250 g/mol. The first-order chi connectivity index (χ1) is 9.11. The van der Waals surface area contributed by atoms with Crippen molar-refractivity contribution in [2.45, 2.75) is 12.8 Å². The fraction of sp³-hybridized carbons (Fsp3) is 0.583. The highest BCUT2D eigenvalue weighted by molar-refractivity contribution is 5.94. The van der Waals surface area contributed by atoms with E-state index >= 15 is 0 Å². The molecule has 1 amide bonds. The van der Waals surface area contributed by atoms with Gasteiger partial charge in [0.25, 0.3) is 5.91 Å². The van der Waals surface area contributed by atoms with Gasteiger partial charge in [-0.05, 0) is 32.4 Å². The smallest absolute Gasteiger partial charge is 0.374 e. The Morgan fingerprint density at radius 2 is 2.42 bits per heavy atom. The number of rotatable bonds is 4. The van der Waals surface area contributed by atoms with Gasteiger partial charge in [-0.25, -0.2) is 4.79 Å². The fourth-order valence-corrected chi connectivity index (χ4v) is 2.34. The number of hydrogen-bond donors (Lipinski definition) is 2. The standard InChI is InChI=1S/C12H17N3O4/c1-13-6-8-3-2-4-15(7-8)11(16)9-5-10(12(17)18)19-14-9/h5,8,13H,2-4,6-7H2,1H3,(H,17,18). The van der Waals surface area contributed by atoms with Crippen molar-refractivity contribution in [2.24, 2.45) is 5.92 Å². The molecule has 0 aromatic carbocycles. The van der Waals surface area contributed by atoms with Crippen molar-refractivity contribution >= 4 is 11.9 Å². The first kappa shape index (κ1) is 13.5. The molecule has 0 spiro atoms. The van der Waals surface area contributed by atoms with Crippen LogP contribution in [0.15, 0.2) is 10.6 Å². The molecule has 2 N–H and O–H groups in total. The summed E-state index contributed by atoms with van der Waals surface area (Å²) in [4.78, 5) is 24.6. The zero-order chi connectivity index (χ0) is 13.8. The molecule has 2 heterocycles. The Labute approximate surface area is 110 Å². The number of nitrogens with zero attached hydrogens (tertiary/aromatic N) is 2. The van der Waals surface area contributed by atoms with Crippen LogP contribution in [0.1, 0.15) is 33.9 Å². The Balaban J connectivity index is 2.03. The molecule has 1 aromatic heterocycles. The molecule has 1 aromatic rings. The number of likely N-dealkylation sites (tertiary alicyclic amines) is 1. The highest BCUT2D eigenvalue weighted by atomic mass is 16.5. The number of carbonyl (C=O) groups excluding carboxylic acids is 1. The van der Waals surface area contributed by atoms with E-state index in [9.17, 15) is 9.59 Å². The van der Waals surface area contributed by atoms with E-state index in [0.717, 1.165) is 19.4 Å². The number of amides is 1. The highest BCUT2D eigenvalue weighted by Gasteiger charge is 2.26. The molecule has 7 nitrogen and oxygen atoms in total. The van der Waals surface area contributed by atoms with Crippen LogP contribution >= 0.6 is 0 Å². The predicted octanol–water partition coefficient (Wildman–Crippen LogP) is 0.444. The molecule has 1 aliphatic heterocycles. The average molecular weight is 267 g/mol. The Bertz CT molecular complexity index is 469. The Hall–Kier alpha value is -1.89. The van der Waals surface area contributed by atoms with Gasteiger partial charge in [-0.2, -0.15) is 0 Å². The van der Waals surface area contributed by atoms with Crippen molar-refractivity contribution in [3.8, 4) is 0 Å². The minimum Gasteiger partial charge on any atom is -0.475 e. The number of aromatic carboxylic acids is 1. The molecule has 1 fully saturated rings. The Kier molecular flexibility index (Phi) is 4.16. The molecule has 1 atom stereocenters. The molecule has 7 heteroatoms. The highest BCUT2D eigenvalue weighted by Crippen LogP contribution is 2.18. The lowest BCUT2D eigenvalue weighted by Gasteiger charge is -2.32. The van der Waals surface area contributed by atoms with Crippen LogP contribution in [-0.4, -0.2) is 53.7 Å². The molecule has 0 bridgehead atoms. The summed E-state index contributed by atoms with van der Waals surface area (Å²) in [7, 11) is 1.89. The van der Waals surface area contributed by atoms with E-state index in [-0.39, 0.29) is 17.4 Å². The van der Waals surface area contributed by atoms with Crippen LogP contribution in [0, 0.1) is 5.92 Å². The second-order valence-corrected chi connectivity index (χ2v) is 4.70.